The van der Waals surface area contributed by atoms with Crippen LogP contribution >= 0.6 is 0 Å². The quantitative estimate of drug-likeness (QED) is 0.777. The van der Waals surface area contributed by atoms with Crippen molar-refractivity contribution in [2.75, 3.05) is 13.1 Å². The predicted octanol–water partition coefficient (Wildman–Crippen LogP) is 2.31. The first-order chi connectivity index (χ1) is 12.7. The van der Waals surface area contributed by atoms with Crippen LogP contribution in [-0.2, 0) is 14.4 Å². The standard InChI is InChI=1S/C20H25N3O3/c24-18(22-11-4-8-17(22)14-5-3-10-21-13-14)9-12-23-19(25)15-6-1-2-7-16(15)20(23)26/h3,5,10,13,15-17H,1-2,4,6-9,11-12H2/t15-,16+,17-/m1/s1. The van der Waals surface area contributed by atoms with Crippen LogP contribution in [0.4, 0.5) is 0 Å². The first-order valence-corrected chi connectivity index (χ1v) is 9.71. The Balaban J connectivity index is 1.39. The molecule has 3 atom stereocenters. The van der Waals surface area contributed by atoms with E-state index in [1.54, 1.807) is 6.20 Å². The maximum atomic E-state index is 12.8. The fourth-order valence-electron chi connectivity index (χ4n) is 4.79. The van der Waals surface area contributed by atoms with Crippen LogP contribution in [0.25, 0.3) is 0 Å². The summed E-state index contributed by atoms with van der Waals surface area (Å²) in [5.41, 5.74) is 1.05. The molecule has 3 heterocycles. The number of rotatable bonds is 4. The molecule has 3 aliphatic rings. The number of carbonyl (C=O) groups is 3. The Morgan fingerprint density at radius 2 is 1.81 bits per heavy atom. The highest BCUT2D eigenvalue weighted by Crippen LogP contribution is 2.38. The highest BCUT2D eigenvalue weighted by Gasteiger charge is 2.48. The average Bonchev–Trinajstić information content (AvgIpc) is 3.26. The first-order valence-electron chi connectivity index (χ1n) is 9.71. The van der Waals surface area contributed by atoms with Crippen molar-refractivity contribution >= 4 is 17.7 Å². The van der Waals surface area contributed by atoms with E-state index in [0.717, 1.165) is 50.6 Å². The summed E-state index contributed by atoms with van der Waals surface area (Å²) in [5, 5.41) is 0. The van der Waals surface area contributed by atoms with E-state index in [4.69, 9.17) is 0 Å². The van der Waals surface area contributed by atoms with Crippen molar-refractivity contribution in [1.82, 2.24) is 14.8 Å². The van der Waals surface area contributed by atoms with Crippen LogP contribution in [0.15, 0.2) is 24.5 Å². The second-order valence-electron chi connectivity index (χ2n) is 7.61. The van der Waals surface area contributed by atoms with E-state index >= 15 is 0 Å². The lowest BCUT2D eigenvalue weighted by molar-refractivity contribution is -0.141. The minimum absolute atomic E-state index is 0.0202. The Morgan fingerprint density at radius 3 is 2.46 bits per heavy atom. The molecule has 0 N–H and O–H groups in total. The number of hydrogen-bond donors (Lipinski definition) is 0. The molecule has 6 heteroatoms. The lowest BCUT2D eigenvalue weighted by Gasteiger charge is -2.25. The van der Waals surface area contributed by atoms with Crippen LogP contribution in [0.2, 0.25) is 0 Å². The molecule has 1 aromatic heterocycles. The minimum atomic E-state index is -0.138. The van der Waals surface area contributed by atoms with Crippen molar-refractivity contribution in [3.8, 4) is 0 Å². The predicted molar refractivity (Wildman–Crippen MR) is 94.7 cm³/mol. The number of hydrogen-bond acceptors (Lipinski definition) is 4. The summed E-state index contributed by atoms with van der Waals surface area (Å²) >= 11 is 0. The first kappa shape index (κ1) is 17.2. The molecular weight excluding hydrogens is 330 g/mol. The summed E-state index contributed by atoms with van der Waals surface area (Å²) < 4.78 is 0. The van der Waals surface area contributed by atoms with Gasteiger partial charge in [-0.05, 0) is 37.3 Å². The molecule has 2 aliphatic heterocycles. The van der Waals surface area contributed by atoms with Gasteiger partial charge < -0.3 is 4.90 Å². The number of pyridine rings is 1. The van der Waals surface area contributed by atoms with Gasteiger partial charge in [-0.1, -0.05) is 18.9 Å². The second kappa shape index (κ2) is 7.17. The van der Waals surface area contributed by atoms with Gasteiger partial charge in [-0.15, -0.1) is 0 Å². The van der Waals surface area contributed by atoms with Gasteiger partial charge in [-0.25, -0.2) is 0 Å². The van der Waals surface area contributed by atoms with Crippen LogP contribution in [0, 0.1) is 11.8 Å². The van der Waals surface area contributed by atoms with E-state index in [9.17, 15) is 14.4 Å². The van der Waals surface area contributed by atoms with Gasteiger partial charge in [-0.2, -0.15) is 0 Å². The zero-order chi connectivity index (χ0) is 18.1. The molecule has 0 spiro atoms. The largest absolute Gasteiger partial charge is 0.336 e. The van der Waals surface area contributed by atoms with Gasteiger partial charge in [0, 0.05) is 31.9 Å². The molecular formula is C20H25N3O3. The number of likely N-dealkylation sites (tertiary alicyclic amines) is 2. The molecule has 1 aliphatic carbocycles. The third kappa shape index (κ3) is 3.02. The maximum absolute atomic E-state index is 12.8. The van der Waals surface area contributed by atoms with E-state index < -0.39 is 0 Å². The molecule has 4 rings (SSSR count). The number of amides is 3. The Labute approximate surface area is 153 Å². The number of aromatic nitrogens is 1. The van der Waals surface area contributed by atoms with Gasteiger partial charge >= 0.3 is 0 Å². The van der Waals surface area contributed by atoms with Crippen LogP contribution < -0.4 is 0 Å². The summed E-state index contributed by atoms with van der Waals surface area (Å²) in [6.07, 6.45) is 9.34. The molecule has 1 saturated carbocycles. The Bertz CT molecular complexity index is 682. The summed E-state index contributed by atoms with van der Waals surface area (Å²) in [5.74, 6) is -0.371. The highest BCUT2D eigenvalue weighted by atomic mass is 16.2. The smallest absolute Gasteiger partial charge is 0.233 e. The molecule has 138 valence electrons. The molecule has 0 unspecified atom stereocenters. The van der Waals surface area contributed by atoms with E-state index in [2.05, 4.69) is 4.98 Å². The molecule has 2 saturated heterocycles. The number of carbonyl (C=O) groups excluding carboxylic acids is 3. The number of nitrogens with zero attached hydrogens (tertiary/aromatic N) is 3. The van der Waals surface area contributed by atoms with Crippen molar-refractivity contribution < 1.29 is 14.4 Å². The van der Waals surface area contributed by atoms with Crippen LogP contribution in [0.3, 0.4) is 0 Å². The highest BCUT2D eigenvalue weighted by molar-refractivity contribution is 6.05. The van der Waals surface area contributed by atoms with Gasteiger partial charge in [0.05, 0.1) is 17.9 Å². The Hall–Kier alpha value is -2.24. The van der Waals surface area contributed by atoms with Gasteiger partial charge in [0.25, 0.3) is 0 Å². The topological polar surface area (TPSA) is 70.6 Å². The van der Waals surface area contributed by atoms with Gasteiger partial charge in [0.1, 0.15) is 0 Å². The van der Waals surface area contributed by atoms with Crippen molar-refractivity contribution in [2.24, 2.45) is 11.8 Å². The zero-order valence-electron chi connectivity index (χ0n) is 15.0. The normalized spacial score (nSPS) is 28.5. The van der Waals surface area contributed by atoms with Crippen molar-refractivity contribution in [1.29, 1.82) is 0 Å². The zero-order valence-corrected chi connectivity index (χ0v) is 15.0. The summed E-state index contributed by atoms with van der Waals surface area (Å²) in [6.45, 7) is 0.950. The van der Waals surface area contributed by atoms with Gasteiger partial charge in [0.2, 0.25) is 17.7 Å². The summed E-state index contributed by atoms with van der Waals surface area (Å²) in [7, 11) is 0. The van der Waals surface area contributed by atoms with E-state index in [1.807, 2.05) is 23.2 Å². The molecule has 6 nitrogen and oxygen atoms in total. The monoisotopic (exact) mass is 355 g/mol. The third-order valence-corrected chi connectivity index (χ3v) is 6.12. The lowest BCUT2D eigenvalue weighted by atomic mass is 9.81. The fourth-order valence-corrected chi connectivity index (χ4v) is 4.79. The van der Waals surface area contributed by atoms with Crippen molar-refractivity contribution in [3.63, 3.8) is 0 Å². The molecule has 0 aromatic carbocycles. The average molecular weight is 355 g/mol. The van der Waals surface area contributed by atoms with Crippen molar-refractivity contribution in [3.05, 3.63) is 30.1 Å². The molecule has 3 fully saturated rings. The molecule has 0 bridgehead atoms. The van der Waals surface area contributed by atoms with Crippen LogP contribution in [0.1, 0.15) is 56.6 Å². The second-order valence-corrected chi connectivity index (χ2v) is 7.61. The number of imide groups is 1. The summed E-state index contributed by atoms with van der Waals surface area (Å²) in [6, 6.07) is 3.95. The van der Waals surface area contributed by atoms with Gasteiger partial charge in [-0.3, -0.25) is 24.3 Å². The number of fused-ring (bicyclic) bond motifs is 1. The van der Waals surface area contributed by atoms with E-state index in [1.165, 1.54) is 4.90 Å². The molecule has 0 radical (unpaired) electrons. The Kier molecular flexibility index (Phi) is 4.74. The Morgan fingerprint density at radius 1 is 1.08 bits per heavy atom. The minimum Gasteiger partial charge on any atom is -0.336 e. The lowest BCUT2D eigenvalue weighted by Crippen LogP contribution is -2.37. The fraction of sp³-hybridized carbons (Fsp3) is 0.600. The van der Waals surface area contributed by atoms with Crippen LogP contribution in [0.5, 0.6) is 0 Å². The van der Waals surface area contributed by atoms with Crippen molar-refractivity contribution in [2.45, 2.75) is 51.0 Å². The van der Waals surface area contributed by atoms with Gasteiger partial charge in [0.15, 0.2) is 0 Å². The molecule has 3 amide bonds. The maximum Gasteiger partial charge on any atom is 0.233 e. The molecule has 26 heavy (non-hydrogen) atoms. The molecule has 1 aromatic rings. The summed E-state index contributed by atoms with van der Waals surface area (Å²) in [4.78, 5) is 45.2. The third-order valence-electron chi connectivity index (χ3n) is 6.12. The van der Waals surface area contributed by atoms with E-state index in [-0.39, 0.29) is 48.6 Å². The van der Waals surface area contributed by atoms with Crippen LogP contribution in [-0.4, -0.2) is 45.6 Å². The SMILES string of the molecule is O=C1[C@H]2CCCC[C@H]2C(=O)N1CCC(=O)N1CCC[C@@H]1c1cccnc1. The van der Waals surface area contributed by atoms with E-state index in [0.29, 0.717) is 0 Å².